The van der Waals surface area contributed by atoms with Crippen molar-refractivity contribution in [2.75, 3.05) is 13.7 Å². The summed E-state index contributed by atoms with van der Waals surface area (Å²) in [6.07, 6.45) is 0.555. The molecule has 2 N–H and O–H groups in total. The Morgan fingerprint density at radius 2 is 2.10 bits per heavy atom. The first-order valence-electron chi connectivity index (χ1n) is 6.76. The van der Waals surface area contributed by atoms with E-state index in [4.69, 9.17) is 10.5 Å². The Morgan fingerprint density at radius 1 is 1.45 bits per heavy atom. The molecule has 0 fully saturated rings. The normalized spacial score (nSPS) is 13.7. The lowest BCUT2D eigenvalue weighted by Gasteiger charge is -2.30. The minimum Gasteiger partial charge on any atom is -0.494 e. The third kappa shape index (κ3) is 3.70. The number of benzene rings is 1. The summed E-state index contributed by atoms with van der Waals surface area (Å²) in [6, 6.07) is 4.69. The van der Waals surface area contributed by atoms with E-state index in [1.165, 1.54) is 13.2 Å². The number of carbonyl (C=O) groups excluding carboxylic acids is 1. The maximum Gasteiger partial charge on any atom is 0.242 e. The number of nitrogens with two attached hydrogens (primary N) is 1. The zero-order valence-electron chi connectivity index (χ0n) is 12.6. The number of carbonyl (C=O) groups is 1. The fourth-order valence-corrected chi connectivity index (χ4v) is 1.87. The van der Waals surface area contributed by atoms with E-state index in [1.54, 1.807) is 24.0 Å². The van der Waals surface area contributed by atoms with Gasteiger partial charge in [-0.3, -0.25) is 4.79 Å². The van der Waals surface area contributed by atoms with Crippen molar-refractivity contribution in [3.05, 3.63) is 29.6 Å². The first kappa shape index (κ1) is 16.4. The molecule has 1 aromatic rings. The highest BCUT2D eigenvalue weighted by molar-refractivity contribution is 5.85. The predicted octanol–water partition coefficient (Wildman–Crippen LogP) is 2.31. The number of likely N-dealkylation sites (N-methyl/N-ethyl adjacent to an activating group) is 1. The molecule has 0 aromatic heterocycles. The molecule has 4 nitrogen and oxygen atoms in total. The summed E-state index contributed by atoms with van der Waals surface area (Å²) in [4.78, 5) is 14.0. The number of rotatable bonds is 6. The molecule has 1 atom stereocenters. The molecule has 112 valence electrons. The highest BCUT2D eigenvalue weighted by atomic mass is 19.1. The van der Waals surface area contributed by atoms with Crippen LogP contribution >= 0.6 is 0 Å². The molecule has 1 aromatic carbocycles. The number of amides is 1. The van der Waals surface area contributed by atoms with E-state index in [0.717, 1.165) is 0 Å². The van der Waals surface area contributed by atoms with E-state index in [2.05, 4.69) is 0 Å². The quantitative estimate of drug-likeness (QED) is 0.871. The maximum absolute atomic E-state index is 13.7. The third-order valence-corrected chi connectivity index (χ3v) is 3.48. The molecule has 0 aliphatic carbocycles. The second-order valence-corrected chi connectivity index (χ2v) is 5.06. The van der Waals surface area contributed by atoms with Gasteiger partial charge in [-0.1, -0.05) is 13.0 Å². The molecule has 0 radical (unpaired) electrons. The van der Waals surface area contributed by atoms with Crippen LogP contribution in [0.2, 0.25) is 0 Å². The Labute approximate surface area is 119 Å². The average molecular weight is 282 g/mol. The van der Waals surface area contributed by atoms with Crippen molar-refractivity contribution in [3.63, 3.8) is 0 Å². The summed E-state index contributed by atoms with van der Waals surface area (Å²) in [5.41, 5.74) is 5.81. The number of halogens is 1. The summed E-state index contributed by atoms with van der Waals surface area (Å²) in [5.74, 6) is -0.362. The molecule has 0 saturated carbocycles. The summed E-state index contributed by atoms with van der Waals surface area (Å²) < 4.78 is 18.5. The monoisotopic (exact) mass is 282 g/mol. The van der Waals surface area contributed by atoms with Crippen molar-refractivity contribution in [2.24, 2.45) is 5.73 Å². The van der Waals surface area contributed by atoms with E-state index in [0.29, 0.717) is 25.1 Å². The highest BCUT2D eigenvalue weighted by Gasteiger charge is 2.30. The maximum atomic E-state index is 13.7. The molecule has 5 heteroatoms. The van der Waals surface area contributed by atoms with Gasteiger partial charge in [-0.2, -0.15) is 0 Å². The van der Waals surface area contributed by atoms with Gasteiger partial charge in [0.2, 0.25) is 5.91 Å². The fraction of sp³-hybridized carbons (Fsp3) is 0.533. The highest BCUT2D eigenvalue weighted by Crippen LogP contribution is 2.20. The largest absolute Gasteiger partial charge is 0.494 e. The van der Waals surface area contributed by atoms with Gasteiger partial charge in [0, 0.05) is 13.1 Å². The summed E-state index contributed by atoms with van der Waals surface area (Å²) >= 11 is 0. The summed E-state index contributed by atoms with van der Waals surface area (Å²) in [5, 5.41) is 0. The second kappa shape index (κ2) is 6.70. The minimum atomic E-state index is -0.888. The van der Waals surface area contributed by atoms with E-state index < -0.39 is 11.4 Å². The second-order valence-electron chi connectivity index (χ2n) is 5.06. The van der Waals surface area contributed by atoms with Crippen molar-refractivity contribution in [1.29, 1.82) is 0 Å². The smallest absolute Gasteiger partial charge is 0.242 e. The summed E-state index contributed by atoms with van der Waals surface area (Å²) in [6.45, 7) is 6.33. The van der Waals surface area contributed by atoms with Crippen LogP contribution in [0.5, 0.6) is 5.75 Å². The zero-order valence-corrected chi connectivity index (χ0v) is 12.6. The van der Waals surface area contributed by atoms with Crippen LogP contribution in [0.15, 0.2) is 18.2 Å². The van der Waals surface area contributed by atoms with Crippen molar-refractivity contribution in [2.45, 2.75) is 39.3 Å². The molecule has 0 aliphatic heterocycles. The van der Waals surface area contributed by atoms with Crippen molar-refractivity contribution >= 4 is 5.91 Å². The van der Waals surface area contributed by atoms with E-state index in [-0.39, 0.29) is 11.7 Å². The molecule has 0 saturated heterocycles. The molecule has 0 spiro atoms. The number of nitrogens with zero attached hydrogens (tertiary/aromatic N) is 1. The van der Waals surface area contributed by atoms with Crippen LogP contribution in [-0.2, 0) is 11.3 Å². The van der Waals surface area contributed by atoms with Gasteiger partial charge in [-0.15, -0.1) is 0 Å². The van der Waals surface area contributed by atoms with E-state index in [1.807, 2.05) is 13.8 Å². The molecule has 0 aliphatic rings. The van der Waals surface area contributed by atoms with Crippen LogP contribution in [0.1, 0.15) is 32.8 Å². The van der Waals surface area contributed by atoms with Gasteiger partial charge in [0.1, 0.15) is 0 Å². The van der Waals surface area contributed by atoms with Gasteiger partial charge in [0.25, 0.3) is 0 Å². The minimum absolute atomic E-state index is 0.126. The fourth-order valence-electron chi connectivity index (χ4n) is 1.87. The summed E-state index contributed by atoms with van der Waals surface area (Å²) in [7, 11) is 1.42. The van der Waals surface area contributed by atoms with Crippen LogP contribution in [0.3, 0.4) is 0 Å². The number of methoxy groups -OCH3 is 1. The third-order valence-electron chi connectivity index (χ3n) is 3.48. The van der Waals surface area contributed by atoms with Gasteiger partial charge in [0.15, 0.2) is 11.6 Å². The molecule has 1 amide bonds. The van der Waals surface area contributed by atoms with Gasteiger partial charge >= 0.3 is 0 Å². The van der Waals surface area contributed by atoms with Gasteiger partial charge in [-0.25, -0.2) is 4.39 Å². The van der Waals surface area contributed by atoms with Crippen molar-refractivity contribution in [3.8, 4) is 5.75 Å². The molecule has 1 rings (SSSR count). The Morgan fingerprint density at radius 3 is 2.55 bits per heavy atom. The number of hydrogen-bond donors (Lipinski definition) is 1. The van der Waals surface area contributed by atoms with Crippen LogP contribution in [0, 0.1) is 5.82 Å². The zero-order chi connectivity index (χ0) is 15.3. The first-order chi connectivity index (χ1) is 9.35. The van der Waals surface area contributed by atoms with Crippen molar-refractivity contribution in [1.82, 2.24) is 4.90 Å². The lowest BCUT2D eigenvalue weighted by atomic mass is 9.98. The van der Waals surface area contributed by atoms with Gasteiger partial charge in [-0.05, 0) is 38.0 Å². The Balaban J connectivity index is 2.89. The molecule has 1 unspecified atom stereocenters. The lowest BCUT2D eigenvalue weighted by molar-refractivity contribution is -0.137. The topological polar surface area (TPSA) is 55.6 Å². The Bertz CT molecular complexity index is 475. The van der Waals surface area contributed by atoms with E-state index >= 15 is 0 Å². The standard InChI is InChI=1S/C15H23FN2O2/c1-5-15(3,17)14(19)18(6-2)10-11-7-8-13(20-4)12(16)9-11/h7-9H,5-6,10,17H2,1-4H3. The number of hydrogen-bond acceptors (Lipinski definition) is 3. The Kier molecular flexibility index (Phi) is 5.51. The van der Waals surface area contributed by atoms with E-state index in [9.17, 15) is 9.18 Å². The first-order valence-corrected chi connectivity index (χ1v) is 6.76. The molecule has 20 heavy (non-hydrogen) atoms. The van der Waals surface area contributed by atoms with Gasteiger partial charge in [0.05, 0.1) is 12.6 Å². The molecular weight excluding hydrogens is 259 g/mol. The molecule has 0 heterocycles. The van der Waals surface area contributed by atoms with Crippen molar-refractivity contribution < 1.29 is 13.9 Å². The Hall–Kier alpha value is -1.62. The SMILES string of the molecule is CCN(Cc1ccc(OC)c(F)c1)C(=O)C(C)(N)CC. The lowest BCUT2D eigenvalue weighted by Crippen LogP contribution is -2.52. The van der Waals surface area contributed by atoms with Gasteiger partial charge < -0.3 is 15.4 Å². The average Bonchev–Trinajstić information content (AvgIpc) is 2.44. The van der Waals surface area contributed by atoms with Crippen LogP contribution in [0.25, 0.3) is 0 Å². The van der Waals surface area contributed by atoms with Crippen LogP contribution in [0.4, 0.5) is 4.39 Å². The predicted molar refractivity (Wildman–Crippen MR) is 76.9 cm³/mol. The van der Waals surface area contributed by atoms with Crippen LogP contribution in [-0.4, -0.2) is 30.0 Å². The molecule has 0 bridgehead atoms. The molecular formula is C15H23FN2O2. The van der Waals surface area contributed by atoms with Crippen LogP contribution < -0.4 is 10.5 Å². The number of ether oxygens (including phenoxy) is 1.